The van der Waals surface area contributed by atoms with Gasteiger partial charge in [0.25, 0.3) is 5.91 Å². The molecule has 0 spiro atoms. The Kier molecular flexibility index (Phi) is 6.96. The normalized spacial score (nSPS) is 15.0. The molecule has 22 heavy (non-hydrogen) atoms. The highest BCUT2D eigenvalue weighted by molar-refractivity contribution is 7.12. The molecule has 0 aliphatic heterocycles. The molecule has 0 fully saturated rings. The zero-order valence-electron chi connectivity index (χ0n) is 13.0. The van der Waals surface area contributed by atoms with Crippen molar-refractivity contribution in [1.82, 2.24) is 16.0 Å². The van der Waals surface area contributed by atoms with E-state index in [9.17, 15) is 4.79 Å². The van der Waals surface area contributed by atoms with Gasteiger partial charge in [-0.15, -0.1) is 11.3 Å². The second kappa shape index (κ2) is 9.25. The molecule has 2 rings (SSSR count). The summed E-state index contributed by atoms with van der Waals surface area (Å²) in [7, 11) is 0. The van der Waals surface area contributed by atoms with Crippen LogP contribution in [0.5, 0.6) is 0 Å². The Morgan fingerprint density at radius 1 is 1.36 bits per heavy atom. The summed E-state index contributed by atoms with van der Waals surface area (Å²) >= 11 is 1.46. The van der Waals surface area contributed by atoms with E-state index in [-0.39, 0.29) is 5.91 Å². The number of guanidine groups is 1. The molecule has 0 saturated carbocycles. The van der Waals surface area contributed by atoms with E-state index >= 15 is 0 Å². The molecule has 1 aromatic heterocycles. The largest absolute Gasteiger partial charge is 0.357 e. The Morgan fingerprint density at radius 2 is 2.18 bits per heavy atom. The van der Waals surface area contributed by atoms with Gasteiger partial charge >= 0.3 is 0 Å². The van der Waals surface area contributed by atoms with E-state index < -0.39 is 0 Å². The van der Waals surface area contributed by atoms with Crippen LogP contribution < -0.4 is 16.0 Å². The predicted octanol–water partition coefficient (Wildman–Crippen LogP) is 2.14. The van der Waals surface area contributed by atoms with Crippen molar-refractivity contribution in [2.24, 2.45) is 4.99 Å². The Hall–Kier alpha value is -1.82. The first-order chi connectivity index (χ1) is 10.8. The smallest absolute Gasteiger partial charge is 0.261 e. The van der Waals surface area contributed by atoms with E-state index in [1.807, 2.05) is 17.5 Å². The summed E-state index contributed by atoms with van der Waals surface area (Å²) in [6, 6.07) is 4.17. The molecule has 120 valence electrons. The van der Waals surface area contributed by atoms with Crippen LogP contribution in [0.2, 0.25) is 0 Å². The van der Waals surface area contributed by atoms with Gasteiger partial charge in [0.05, 0.1) is 4.88 Å². The second-order valence-corrected chi connectivity index (χ2v) is 6.08. The van der Waals surface area contributed by atoms with Crippen molar-refractivity contribution in [3.8, 4) is 0 Å². The number of carbonyl (C=O) groups excluding carboxylic acids is 1. The Labute approximate surface area is 135 Å². The SMILES string of the molecule is CCNC(=NCCCNC(=O)c1cccs1)NC1CC=CC1. The molecule has 0 bridgehead atoms. The number of carbonyl (C=O) groups is 1. The number of nitrogens with zero attached hydrogens (tertiary/aromatic N) is 1. The van der Waals surface area contributed by atoms with Crippen LogP contribution in [0.4, 0.5) is 0 Å². The van der Waals surface area contributed by atoms with Crippen LogP contribution in [0.25, 0.3) is 0 Å². The fourth-order valence-electron chi connectivity index (χ4n) is 2.22. The van der Waals surface area contributed by atoms with Gasteiger partial charge in [0.2, 0.25) is 0 Å². The molecular weight excluding hydrogens is 296 g/mol. The Bertz CT molecular complexity index is 502. The molecule has 5 nitrogen and oxygen atoms in total. The second-order valence-electron chi connectivity index (χ2n) is 5.13. The first-order valence-electron chi connectivity index (χ1n) is 7.81. The number of amides is 1. The average molecular weight is 320 g/mol. The van der Waals surface area contributed by atoms with Gasteiger partial charge in [0.1, 0.15) is 0 Å². The third-order valence-electron chi connectivity index (χ3n) is 3.33. The minimum Gasteiger partial charge on any atom is -0.357 e. The van der Waals surface area contributed by atoms with E-state index in [1.54, 1.807) is 0 Å². The van der Waals surface area contributed by atoms with Gasteiger partial charge in [-0.3, -0.25) is 9.79 Å². The van der Waals surface area contributed by atoms with Crippen LogP contribution in [0.3, 0.4) is 0 Å². The van der Waals surface area contributed by atoms with Crippen LogP contribution in [0.15, 0.2) is 34.7 Å². The molecule has 0 atom stereocenters. The molecule has 6 heteroatoms. The van der Waals surface area contributed by atoms with Crippen molar-refractivity contribution in [2.75, 3.05) is 19.6 Å². The minimum atomic E-state index is 0.000964. The molecule has 1 heterocycles. The highest BCUT2D eigenvalue weighted by atomic mass is 32.1. The van der Waals surface area contributed by atoms with E-state index in [4.69, 9.17) is 0 Å². The number of rotatable bonds is 7. The number of nitrogens with one attached hydrogen (secondary N) is 3. The summed E-state index contributed by atoms with van der Waals surface area (Å²) in [5.41, 5.74) is 0. The molecule has 0 radical (unpaired) electrons. The molecule has 0 saturated heterocycles. The number of aliphatic imine (C=N–C) groups is 1. The highest BCUT2D eigenvalue weighted by Crippen LogP contribution is 2.09. The lowest BCUT2D eigenvalue weighted by molar-refractivity contribution is 0.0957. The van der Waals surface area contributed by atoms with Crippen LogP contribution in [0.1, 0.15) is 35.9 Å². The fourth-order valence-corrected chi connectivity index (χ4v) is 2.86. The van der Waals surface area contributed by atoms with Gasteiger partial charge in [-0.25, -0.2) is 0 Å². The minimum absolute atomic E-state index is 0.000964. The van der Waals surface area contributed by atoms with Crippen molar-refractivity contribution < 1.29 is 4.79 Å². The standard InChI is InChI=1S/C16H24N4OS/c1-2-17-16(20-13-7-3-4-8-13)19-11-6-10-18-15(21)14-9-5-12-22-14/h3-5,9,12-13H,2,6-8,10-11H2,1H3,(H,18,21)(H2,17,19,20). The maximum atomic E-state index is 11.8. The van der Waals surface area contributed by atoms with E-state index in [0.29, 0.717) is 19.1 Å². The molecule has 1 aliphatic carbocycles. The predicted molar refractivity (Wildman–Crippen MR) is 92.5 cm³/mol. The molecule has 3 N–H and O–H groups in total. The van der Waals surface area contributed by atoms with Crippen molar-refractivity contribution in [2.45, 2.75) is 32.2 Å². The van der Waals surface area contributed by atoms with Gasteiger partial charge in [0, 0.05) is 25.7 Å². The van der Waals surface area contributed by atoms with Crippen molar-refractivity contribution >= 4 is 23.2 Å². The fraction of sp³-hybridized carbons (Fsp3) is 0.500. The van der Waals surface area contributed by atoms with Crippen molar-refractivity contribution in [1.29, 1.82) is 0 Å². The van der Waals surface area contributed by atoms with Crippen LogP contribution in [-0.4, -0.2) is 37.5 Å². The van der Waals surface area contributed by atoms with E-state index in [0.717, 1.165) is 36.6 Å². The first kappa shape index (κ1) is 16.5. The van der Waals surface area contributed by atoms with Crippen LogP contribution in [0, 0.1) is 0 Å². The lowest BCUT2D eigenvalue weighted by Gasteiger charge is -2.16. The van der Waals surface area contributed by atoms with Gasteiger partial charge in [-0.2, -0.15) is 0 Å². The summed E-state index contributed by atoms with van der Waals surface area (Å²) < 4.78 is 0. The maximum absolute atomic E-state index is 11.8. The molecule has 1 aliphatic rings. The number of thiophene rings is 1. The summed E-state index contributed by atoms with van der Waals surface area (Å²) in [5, 5.41) is 11.5. The molecule has 0 unspecified atom stereocenters. The third-order valence-corrected chi connectivity index (χ3v) is 4.20. The summed E-state index contributed by atoms with van der Waals surface area (Å²) in [6.07, 6.45) is 7.34. The first-order valence-corrected chi connectivity index (χ1v) is 8.69. The summed E-state index contributed by atoms with van der Waals surface area (Å²) in [6.45, 7) is 4.25. The van der Waals surface area contributed by atoms with E-state index in [2.05, 4.69) is 40.0 Å². The zero-order valence-corrected chi connectivity index (χ0v) is 13.8. The Morgan fingerprint density at radius 3 is 2.86 bits per heavy atom. The van der Waals surface area contributed by atoms with Gasteiger partial charge in [0.15, 0.2) is 5.96 Å². The molecular formula is C16H24N4OS. The summed E-state index contributed by atoms with van der Waals surface area (Å²) in [4.78, 5) is 17.1. The lowest BCUT2D eigenvalue weighted by Crippen LogP contribution is -2.42. The van der Waals surface area contributed by atoms with Gasteiger partial charge in [-0.05, 0) is 37.6 Å². The molecule has 1 amide bonds. The maximum Gasteiger partial charge on any atom is 0.261 e. The van der Waals surface area contributed by atoms with Gasteiger partial charge in [-0.1, -0.05) is 18.2 Å². The summed E-state index contributed by atoms with van der Waals surface area (Å²) in [5.74, 6) is 0.863. The molecule has 0 aromatic carbocycles. The zero-order chi connectivity index (χ0) is 15.6. The number of hydrogen-bond acceptors (Lipinski definition) is 3. The van der Waals surface area contributed by atoms with E-state index in [1.165, 1.54) is 11.3 Å². The highest BCUT2D eigenvalue weighted by Gasteiger charge is 2.11. The molecule has 1 aromatic rings. The lowest BCUT2D eigenvalue weighted by atomic mass is 10.2. The van der Waals surface area contributed by atoms with Gasteiger partial charge < -0.3 is 16.0 Å². The number of hydrogen-bond donors (Lipinski definition) is 3. The quantitative estimate of drug-likeness (QED) is 0.312. The van der Waals surface area contributed by atoms with Crippen molar-refractivity contribution in [3.05, 3.63) is 34.5 Å². The average Bonchev–Trinajstić information content (AvgIpc) is 3.20. The monoisotopic (exact) mass is 320 g/mol. The van der Waals surface area contributed by atoms with Crippen LogP contribution in [-0.2, 0) is 0 Å². The third kappa shape index (κ3) is 5.52. The van der Waals surface area contributed by atoms with Crippen LogP contribution >= 0.6 is 11.3 Å². The van der Waals surface area contributed by atoms with Crippen molar-refractivity contribution in [3.63, 3.8) is 0 Å². The topological polar surface area (TPSA) is 65.5 Å². The Balaban J connectivity index is 1.66.